The number of aromatic nitrogens is 1. The molecule has 2 rings (SSSR count). The van der Waals surface area contributed by atoms with Crippen LogP contribution in [0.1, 0.15) is 13.8 Å². The number of morpholine rings is 1. The van der Waals surface area contributed by atoms with Crippen LogP contribution in [0.5, 0.6) is 0 Å². The average Bonchev–Trinajstić information content (AvgIpc) is 2.38. The number of hydrogen-bond acceptors (Lipinski definition) is 4. The highest BCUT2D eigenvalue weighted by Crippen LogP contribution is 2.11. The van der Waals surface area contributed by atoms with E-state index in [1.54, 1.807) is 0 Å². The summed E-state index contributed by atoms with van der Waals surface area (Å²) in [6, 6.07) is 6.92. The molecule has 0 aromatic carbocycles. The van der Waals surface area contributed by atoms with Crippen molar-refractivity contribution in [2.75, 3.05) is 31.6 Å². The second-order valence-electron chi connectivity index (χ2n) is 4.61. The van der Waals surface area contributed by atoms with Gasteiger partial charge in [-0.25, -0.2) is 4.98 Å². The van der Waals surface area contributed by atoms with E-state index >= 15 is 0 Å². The zero-order chi connectivity index (χ0) is 12.1. The first-order chi connectivity index (χ1) is 8.27. The molecule has 1 aliphatic rings. The van der Waals surface area contributed by atoms with Crippen LogP contribution in [0.15, 0.2) is 24.4 Å². The molecule has 1 saturated heterocycles. The fourth-order valence-corrected chi connectivity index (χ4v) is 2.23. The van der Waals surface area contributed by atoms with E-state index in [1.807, 2.05) is 24.4 Å². The van der Waals surface area contributed by atoms with Crippen molar-refractivity contribution in [2.24, 2.45) is 0 Å². The molecule has 0 saturated carbocycles. The van der Waals surface area contributed by atoms with Crippen molar-refractivity contribution >= 4 is 5.82 Å². The van der Waals surface area contributed by atoms with E-state index in [9.17, 15) is 0 Å². The summed E-state index contributed by atoms with van der Waals surface area (Å²) in [5.74, 6) is 0.945. The molecule has 4 heteroatoms. The number of ether oxygens (including phenoxy) is 1. The summed E-state index contributed by atoms with van der Waals surface area (Å²) in [5.41, 5.74) is 0. The third-order valence-electron chi connectivity index (χ3n) is 3.23. The lowest BCUT2D eigenvalue weighted by molar-refractivity contribution is -0.0159. The maximum absolute atomic E-state index is 5.45. The van der Waals surface area contributed by atoms with Gasteiger partial charge in [0, 0.05) is 31.4 Å². The van der Waals surface area contributed by atoms with Crippen molar-refractivity contribution in [3.8, 4) is 0 Å². The maximum Gasteiger partial charge on any atom is 0.125 e. The minimum absolute atomic E-state index is 0.496. The van der Waals surface area contributed by atoms with Crippen LogP contribution in [0.2, 0.25) is 0 Å². The molecule has 1 aromatic rings. The Morgan fingerprint density at radius 3 is 3.18 bits per heavy atom. The highest BCUT2D eigenvalue weighted by Gasteiger charge is 2.23. The summed E-state index contributed by atoms with van der Waals surface area (Å²) < 4.78 is 5.45. The van der Waals surface area contributed by atoms with E-state index < -0.39 is 0 Å². The second-order valence-corrected chi connectivity index (χ2v) is 4.61. The number of rotatable bonds is 4. The molecule has 17 heavy (non-hydrogen) atoms. The third-order valence-corrected chi connectivity index (χ3v) is 3.23. The summed E-state index contributed by atoms with van der Waals surface area (Å²) >= 11 is 0. The summed E-state index contributed by atoms with van der Waals surface area (Å²) in [6.45, 7) is 8.09. The zero-order valence-corrected chi connectivity index (χ0v) is 10.6. The number of nitrogens with one attached hydrogen (secondary N) is 1. The lowest BCUT2D eigenvalue weighted by Gasteiger charge is -2.37. The van der Waals surface area contributed by atoms with Crippen LogP contribution in [0.4, 0.5) is 5.82 Å². The van der Waals surface area contributed by atoms with Crippen molar-refractivity contribution in [3.63, 3.8) is 0 Å². The number of hydrogen-bond donors (Lipinski definition) is 1. The van der Waals surface area contributed by atoms with E-state index in [0.29, 0.717) is 12.1 Å². The van der Waals surface area contributed by atoms with Gasteiger partial charge in [-0.15, -0.1) is 0 Å². The summed E-state index contributed by atoms with van der Waals surface area (Å²) in [5, 5.41) is 3.37. The van der Waals surface area contributed by atoms with Crippen LogP contribution in [-0.2, 0) is 4.74 Å². The fourth-order valence-electron chi connectivity index (χ4n) is 2.23. The standard InChI is InChI=1S/C13H21N3O/c1-11(16-7-8-17-10-12(16)2)9-15-13-5-3-4-6-14-13/h3-6,11-12H,7-10H2,1-2H3,(H,14,15)/t11-,12-/m0/s1. The molecule has 0 bridgehead atoms. The Labute approximate surface area is 103 Å². The Morgan fingerprint density at radius 2 is 2.47 bits per heavy atom. The van der Waals surface area contributed by atoms with Gasteiger partial charge in [-0.1, -0.05) is 6.07 Å². The van der Waals surface area contributed by atoms with Gasteiger partial charge in [-0.05, 0) is 26.0 Å². The van der Waals surface area contributed by atoms with Crippen LogP contribution in [0, 0.1) is 0 Å². The van der Waals surface area contributed by atoms with Gasteiger partial charge in [-0.2, -0.15) is 0 Å². The fraction of sp³-hybridized carbons (Fsp3) is 0.615. The van der Waals surface area contributed by atoms with Gasteiger partial charge in [0.15, 0.2) is 0 Å². The second kappa shape index (κ2) is 5.98. The topological polar surface area (TPSA) is 37.4 Å². The van der Waals surface area contributed by atoms with Crippen molar-refractivity contribution in [3.05, 3.63) is 24.4 Å². The van der Waals surface area contributed by atoms with E-state index in [4.69, 9.17) is 4.74 Å². The largest absolute Gasteiger partial charge is 0.379 e. The molecular formula is C13H21N3O. The number of anilines is 1. The first-order valence-corrected chi connectivity index (χ1v) is 6.26. The van der Waals surface area contributed by atoms with Crippen LogP contribution in [0.25, 0.3) is 0 Å². The molecule has 1 fully saturated rings. The minimum atomic E-state index is 0.496. The van der Waals surface area contributed by atoms with Crippen LogP contribution in [0.3, 0.4) is 0 Å². The molecule has 1 N–H and O–H groups in total. The quantitative estimate of drug-likeness (QED) is 0.860. The highest BCUT2D eigenvalue weighted by molar-refractivity contribution is 5.33. The molecule has 2 heterocycles. The highest BCUT2D eigenvalue weighted by atomic mass is 16.5. The Bertz CT molecular complexity index is 331. The first-order valence-electron chi connectivity index (χ1n) is 6.26. The van der Waals surface area contributed by atoms with Gasteiger partial charge in [-0.3, -0.25) is 4.90 Å². The predicted octanol–water partition coefficient (Wildman–Crippen LogP) is 1.60. The van der Waals surface area contributed by atoms with Crippen molar-refractivity contribution in [2.45, 2.75) is 25.9 Å². The maximum atomic E-state index is 5.45. The molecule has 4 nitrogen and oxygen atoms in total. The summed E-state index contributed by atoms with van der Waals surface area (Å²) in [4.78, 5) is 6.75. The normalized spacial score (nSPS) is 23.3. The molecule has 0 amide bonds. The molecule has 0 radical (unpaired) electrons. The zero-order valence-electron chi connectivity index (χ0n) is 10.6. The van der Waals surface area contributed by atoms with Crippen LogP contribution in [-0.4, -0.2) is 48.3 Å². The van der Waals surface area contributed by atoms with Gasteiger partial charge < -0.3 is 10.1 Å². The van der Waals surface area contributed by atoms with Crippen molar-refractivity contribution < 1.29 is 4.74 Å². The SMILES string of the molecule is C[C@@H](CNc1ccccn1)N1CCOC[C@@H]1C. The Kier molecular flexibility index (Phi) is 4.34. The molecule has 94 valence electrons. The predicted molar refractivity (Wildman–Crippen MR) is 69.2 cm³/mol. The van der Waals surface area contributed by atoms with E-state index in [2.05, 4.69) is 29.0 Å². The Balaban J connectivity index is 1.82. The molecule has 1 aromatic heterocycles. The average molecular weight is 235 g/mol. The lowest BCUT2D eigenvalue weighted by atomic mass is 10.2. The van der Waals surface area contributed by atoms with Crippen LogP contribution < -0.4 is 5.32 Å². The van der Waals surface area contributed by atoms with Crippen LogP contribution >= 0.6 is 0 Å². The van der Waals surface area contributed by atoms with Gasteiger partial charge in [0.25, 0.3) is 0 Å². The van der Waals surface area contributed by atoms with Gasteiger partial charge in [0.2, 0.25) is 0 Å². The molecule has 0 aliphatic carbocycles. The molecule has 0 unspecified atom stereocenters. The lowest BCUT2D eigenvalue weighted by Crippen LogP contribution is -2.50. The van der Waals surface area contributed by atoms with Crippen molar-refractivity contribution in [1.29, 1.82) is 0 Å². The monoisotopic (exact) mass is 235 g/mol. The molecule has 0 spiro atoms. The number of pyridine rings is 1. The smallest absolute Gasteiger partial charge is 0.125 e. The summed E-state index contributed by atoms with van der Waals surface area (Å²) in [7, 11) is 0. The van der Waals surface area contributed by atoms with Gasteiger partial charge in [0.1, 0.15) is 5.82 Å². The molecule has 2 atom stereocenters. The van der Waals surface area contributed by atoms with E-state index in [0.717, 1.165) is 32.1 Å². The van der Waals surface area contributed by atoms with E-state index in [-0.39, 0.29) is 0 Å². The Morgan fingerprint density at radius 1 is 1.59 bits per heavy atom. The van der Waals surface area contributed by atoms with Gasteiger partial charge in [0.05, 0.1) is 13.2 Å². The first kappa shape index (κ1) is 12.3. The third kappa shape index (κ3) is 3.41. The molecular weight excluding hydrogens is 214 g/mol. The summed E-state index contributed by atoms with van der Waals surface area (Å²) in [6.07, 6.45) is 1.81. The van der Waals surface area contributed by atoms with Gasteiger partial charge >= 0.3 is 0 Å². The van der Waals surface area contributed by atoms with Crippen molar-refractivity contribution in [1.82, 2.24) is 9.88 Å². The number of nitrogens with zero attached hydrogens (tertiary/aromatic N) is 2. The van der Waals surface area contributed by atoms with E-state index in [1.165, 1.54) is 0 Å². The molecule has 1 aliphatic heterocycles. The minimum Gasteiger partial charge on any atom is -0.379 e. The Hall–Kier alpha value is -1.13.